The lowest BCUT2D eigenvalue weighted by atomic mass is 10.2. The predicted octanol–water partition coefficient (Wildman–Crippen LogP) is 4.37. The molecule has 4 heteroatoms. The quantitative estimate of drug-likeness (QED) is 0.550. The fourth-order valence-corrected chi connectivity index (χ4v) is 2.03. The van der Waals surface area contributed by atoms with E-state index in [1.54, 1.807) is 12.1 Å². The molecule has 0 spiro atoms. The molecule has 0 aliphatic rings. The number of benzene rings is 1. The zero-order chi connectivity index (χ0) is 12.5. The van der Waals surface area contributed by atoms with Crippen LogP contribution in [-0.2, 0) is 6.54 Å². The minimum Gasteiger partial charge on any atom is -0.313 e. The average Bonchev–Trinajstić information content (AvgIpc) is 2.31. The highest BCUT2D eigenvalue weighted by atomic mass is 35.5. The van der Waals surface area contributed by atoms with Crippen molar-refractivity contribution in [2.45, 2.75) is 32.2 Å². The lowest BCUT2D eigenvalue weighted by molar-refractivity contribution is 0.568. The molecular weight excluding hydrogens is 260 g/mol. The maximum atomic E-state index is 13.4. The van der Waals surface area contributed by atoms with Gasteiger partial charge in [0.2, 0.25) is 0 Å². The summed E-state index contributed by atoms with van der Waals surface area (Å²) in [6.07, 6.45) is 4.47. The third-order valence-corrected chi connectivity index (χ3v) is 3.22. The van der Waals surface area contributed by atoms with Gasteiger partial charge in [0.05, 0.1) is 0 Å². The van der Waals surface area contributed by atoms with Crippen LogP contribution in [0.5, 0.6) is 0 Å². The Bertz CT molecular complexity index is 311. The molecule has 1 nitrogen and oxygen atoms in total. The van der Waals surface area contributed by atoms with Gasteiger partial charge >= 0.3 is 0 Å². The second kappa shape index (κ2) is 8.73. The molecule has 0 amide bonds. The summed E-state index contributed by atoms with van der Waals surface area (Å²) in [5.41, 5.74) is 0.551. The van der Waals surface area contributed by atoms with Gasteiger partial charge in [-0.1, -0.05) is 30.5 Å². The summed E-state index contributed by atoms with van der Waals surface area (Å²) in [6.45, 7) is 1.37. The standard InChI is InChI=1S/C13H18Cl2FN/c14-8-3-1-2-4-9-17-10-11-12(15)6-5-7-13(11)16/h5-7,17H,1-4,8-10H2. The first-order chi connectivity index (χ1) is 8.25. The number of rotatable bonds is 8. The molecule has 0 saturated heterocycles. The molecule has 1 N–H and O–H groups in total. The van der Waals surface area contributed by atoms with Gasteiger partial charge in [-0.15, -0.1) is 11.6 Å². The maximum Gasteiger partial charge on any atom is 0.129 e. The Kier molecular flexibility index (Phi) is 7.58. The minimum atomic E-state index is -0.243. The molecular formula is C13H18Cl2FN. The van der Waals surface area contributed by atoms with Crippen LogP contribution in [0, 0.1) is 5.82 Å². The number of nitrogens with one attached hydrogen (secondary N) is 1. The summed E-state index contributed by atoms with van der Waals surface area (Å²) < 4.78 is 13.4. The monoisotopic (exact) mass is 277 g/mol. The number of unbranched alkanes of at least 4 members (excludes halogenated alkanes) is 3. The van der Waals surface area contributed by atoms with Crippen molar-refractivity contribution in [1.29, 1.82) is 0 Å². The molecule has 0 radical (unpaired) electrons. The zero-order valence-electron chi connectivity index (χ0n) is 9.82. The van der Waals surface area contributed by atoms with Gasteiger partial charge in [-0.25, -0.2) is 4.39 Å². The van der Waals surface area contributed by atoms with E-state index in [9.17, 15) is 4.39 Å². The van der Waals surface area contributed by atoms with Gasteiger partial charge in [-0.05, 0) is 31.5 Å². The van der Waals surface area contributed by atoms with E-state index in [-0.39, 0.29) is 5.82 Å². The van der Waals surface area contributed by atoms with Crippen molar-refractivity contribution in [3.8, 4) is 0 Å². The highest BCUT2D eigenvalue weighted by Crippen LogP contribution is 2.18. The molecule has 17 heavy (non-hydrogen) atoms. The Balaban J connectivity index is 2.18. The van der Waals surface area contributed by atoms with Gasteiger partial charge in [-0.3, -0.25) is 0 Å². The Hall–Kier alpha value is -0.310. The minimum absolute atomic E-state index is 0.243. The summed E-state index contributed by atoms with van der Waals surface area (Å²) in [7, 11) is 0. The summed E-state index contributed by atoms with van der Waals surface area (Å²) in [4.78, 5) is 0. The summed E-state index contributed by atoms with van der Waals surface area (Å²) in [5, 5.41) is 3.69. The van der Waals surface area contributed by atoms with Crippen LogP contribution in [0.1, 0.15) is 31.2 Å². The highest BCUT2D eigenvalue weighted by molar-refractivity contribution is 6.31. The van der Waals surface area contributed by atoms with Gasteiger partial charge < -0.3 is 5.32 Å². The number of halogens is 3. The largest absolute Gasteiger partial charge is 0.313 e. The molecule has 0 aromatic heterocycles. The summed E-state index contributed by atoms with van der Waals surface area (Å²) in [6, 6.07) is 4.76. The van der Waals surface area contributed by atoms with Crippen molar-refractivity contribution in [3.05, 3.63) is 34.6 Å². The fourth-order valence-electron chi connectivity index (χ4n) is 1.61. The second-order valence-corrected chi connectivity index (χ2v) is 4.77. The summed E-state index contributed by atoms with van der Waals surface area (Å²) >= 11 is 11.5. The first kappa shape index (κ1) is 14.7. The van der Waals surface area contributed by atoms with E-state index in [2.05, 4.69) is 5.32 Å². The normalized spacial score (nSPS) is 10.8. The molecule has 0 atom stereocenters. The lowest BCUT2D eigenvalue weighted by Gasteiger charge is -2.07. The van der Waals surface area contributed by atoms with Gasteiger partial charge in [0.15, 0.2) is 0 Å². The van der Waals surface area contributed by atoms with Gasteiger partial charge in [0.25, 0.3) is 0 Å². The van der Waals surface area contributed by atoms with Gasteiger partial charge in [-0.2, -0.15) is 0 Å². The second-order valence-electron chi connectivity index (χ2n) is 3.98. The third kappa shape index (κ3) is 5.71. The smallest absolute Gasteiger partial charge is 0.129 e. The maximum absolute atomic E-state index is 13.4. The van der Waals surface area contributed by atoms with Crippen molar-refractivity contribution in [1.82, 2.24) is 5.32 Å². The SMILES string of the molecule is Fc1cccc(Cl)c1CNCCCCCCCl. The molecule has 1 aromatic rings. The average molecular weight is 278 g/mol. The van der Waals surface area contributed by atoms with Crippen LogP contribution >= 0.6 is 23.2 Å². The van der Waals surface area contributed by atoms with Crippen molar-refractivity contribution < 1.29 is 4.39 Å². The van der Waals surface area contributed by atoms with E-state index in [0.29, 0.717) is 17.1 Å². The van der Waals surface area contributed by atoms with Crippen LogP contribution in [0.4, 0.5) is 4.39 Å². The van der Waals surface area contributed by atoms with Crippen LogP contribution in [0.3, 0.4) is 0 Å². The molecule has 96 valence electrons. The van der Waals surface area contributed by atoms with Crippen LogP contribution < -0.4 is 5.32 Å². The third-order valence-electron chi connectivity index (χ3n) is 2.60. The molecule has 0 unspecified atom stereocenters. The molecule has 1 rings (SSSR count). The van der Waals surface area contributed by atoms with Gasteiger partial charge in [0, 0.05) is 23.0 Å². The van der Waals surface area contributed by atoms with Crippen LogP contribution in [0.2, 0.25) is 5.02 Å². The Labute approximate surface area is 112 Å². The van der Waals surface area contributed by atoms with E-state index < -0.39 is 0 Å². The molecule has 0 aliphatic heterocycles. The van der Waals surface area contributed by atoms with E-state index >= 15 is 0 Å². The van der Waals surface area contributed by atoms with Crippen molar-refractivity contribution in [3.63, 3.8) is 0 Å². The fraction of sp³-hybridized carbons (Fsp3) is 0.538. The Morgan fingerprint density at radius 1 is 1.12 bits per heavy atom. The molecule has 0 heterocycles. The first-order valence-corrected chi connectivity index (χ1v) is 6.86. The summed E-state index contributed by atoms with van der Waals surface area (Å²) in [5.74, 6) is 0.491. The van der Waals surface area contributed by atoms with E-state index in [4.69, 9.17) is 23.2 Å². The van der Waals surface area contributed by atoms with Crippen LogP contribution in [0.15, 0.2) is 18.2 Å². The molecule has 0 bridgehead atoms. The Morgan fingerprint density at radius 3 is 2.59 bits per heavy atom. The van der Waals surface area contributed by atoms with E-state index in [0.717, 1.165) is 38.1 Å². The van der Waals surface area contributed by atoms with Crippen LogP contribution in [-0.4, -0.2) is 12.4 Å². The highest BCUT2D eigenvalue weighted by Gasteiger charge is 2.05. The first-order valence-electron chi connectivity index (χ1n) is 5.95. The van der Waals surface area contributed by atoms with Crippen LogP contribution in [0.25, 0.3) is 0 Å². The number of hydrogen-bond donors (Lipinski definition) is 1. The van der Waals surface area contributed by atoms with Crippen molar-refractivity contribution in [2.75, 3.05) is 12.4 Å². The van der Waals surface area contributed by atoms with Crippen molar-refractivity contribution >= 4 is 23.2 Å². The molecule has 0 saturated carbocycles. The van der Waals surface area contributed by atoms with E-state index in [1.165, 1.54) is 6.07 Å². The predicted molar refractivity (Wildman–Crippen MR) is 72.3 cm³/mol. The van der Waals surface area contributed by atoms with Gasteiger partial charge in [0.1, 0.15) is 5.82 Å². The molecule has 1 aromatic carbocycles. The van der Waals surface area contributed by atoms with Crippen molar-refractivity contribution in [2.24, 2.45) is 0 Å². The lowest BCUT2D eigenvalue weighted by Crippen LogP contribution is -2.16. The Morgan fingerprint density at radius 2 is 1.88 bits per heavy atom. The molecule has 0 aliphatic carbocycles. The number of alkyl halides is 1. The zero-order valence-corrected chi connectivity index (χ0v) is 11.3. The topological polar surface area (TPSA) is 12.0 Å². The molecule has 0 fully saturated rings. The van der Waals surface area contributed by atoms with E-state index in [1.807, 2.05) is 0 Å². The number of hydrogen-bond acceptors (Lipinski definition) is 1.